The van der Waals surface area contributed by atoms with Crippen molar-refractivity contribution in [2.45, 2.75) is 38.3 Å². The van der Waals surface area contributed by atoms with Gasteiger partial charge in [-0.3, -0.25) is 4.79 Å². The van der Waals surface area contributed by atoms with Gasteiger partial charge in [-0.1, -0.05) is 31.0 Å². The van der Waals surface area contributed by atoms with Gasteiger partial charge in [-0.2, -0.15) is 5.26 Å². The molecule has 0 saturated heterocycles. The van der Waals surface area contributed by atoms with E-state index in [1.807, 2.05) is 0 Å². The summed E-state index contributed by atoms with van der Waals surface area (Å²) in [6.45, 7) is 3.76. The molecule has 1 amide bonds. The van der Waals surface area contributed by atoms with E-state index >= 15 is 0 Å². The van der Waals surface area contributed by atoms with E-state index in [0.29, 0.717) is 10.6 Å². The van der Waals surface area contributed by atoms with E-state index < -0.39 is 5.82 Å². The van der Waals surface area contributed by atoms with E-state index in [1.54, 1.807) is 11.0 Å². The second kappa shape index (κ2) is 7.42. The molecule has 0 aliphatic heterocycles. The van der Waals surface area contributed by atoms with Crippen molar-refractivity contribution in [2.75, 3.05) is 0 Å². The van der Waals surface area contributed by atoms with Crippen molar-refractivity contribution in [3.63, 3.8) is 0 Å². The first-order valence-corrected chi connectivity index (χ1v) is 7.70. The third-order valence-corrected chi connectivity index (χ3v) is 4.25. The number of rotatable bonds is 4. The minimum atomic E-state index is -0.436. The maximum Gasteiger partial charge on any atom is 0.246 e. The van der Waals surface area contributed by atoms with Crippen LogP contribution >= 0.6 is 11.6 Å². The van der Waals surface area contributed by atoms with Crippen LogP contribution in [0.4, 0.5) is 4.39 Å². The Hall–Kier alpha value is -1.86. The van der Waals surface area contributed by atoms with Gasteiger partial charge in [-0.05, 0) is 42.7 Å². The zero-order chi connectivity index (χ0) is 16.1. The highest BCUT2D eigenvalue weighted by molar-refractivity contribution is 6.30. The average molecular weight is 321 g/mol. The molecule has 0 radical (unpaired) electrons. The van der Waals surface area contributed by atoms with Crippen LogP contribution in [0.25, 0.3) is 0 Å². The number of nitrogens with zero attached hydrogens (tertiary/aromatic N) is 2. The molecule has 2 rings (SSSR count). The number of amides is 1. The van der Waals surface area contributed by atoms with E-state index in [2.05, 4.69) is 12.6 Å². The summed E-state index contributed by atoms with van der Waals surface area (Å²) in [4.78, 5) is 13.8. The molecule has 0 heterocycles. The van der Waals surface area contributed by atoms with Gasteiger partial charge in [-0.25, -0.2) is 4.39 Å². The molecule has 1 saturated carbocycles. The van der Waals surface area contributed by atoms with Gasteiger partial charge in [-0.15, -0.1) is 0 Å². The predicted octanol–water partition coefficient (Wildman–Crippen LogP) is 4.08. The Labute approximate surface area is 135 Å². The minimum absolute atomic E-state index is 0.161. The minimum Gasteiger partial charge on any atom is -0.331 e. The van der Waals surface area contributed by atoms with Crippen LogP contribution in [-0.2, 0) is 11.3 Å². The third-order valence-electron chi connectivity index (χ3n) is 4.03. The van der Waals surface area contributed by atoms with Crippen molar-refractivity contribution < 1.29 is 9.18 Å². The van der Waals surface area contributed by atoms with E-state index in [0.717, 1.165) is 25.7 Å². The highest BCUT2D eigenvalue weighted by Crippen LogP contribution is 2.30. The maximum absolute atomic E-state index is 13.5. The van der Waals surface area contributed by atoms with Crippen molar-refractivity contribution in [1.29, 1.82) is 5.26 Å². The number of nitriles is 1. The number of hydrogen-bond acceptors (Lipinski definition) is 2. The molecule has 1 aromatic carbocycles. The van der Waals surface area contributed by atoms with Gasteiger partial charge in [0, 0.05) is 17.6 Å². The first kappa shape index (κ1) is 16.5. The molecule has 3 nitrogen and oxygen atoms in total. The average Bonchev–Trinajstić information content (AvgIpc) is 2.51. The molecule has 5 heteroatoms. The Balaban J connectivity index is 2.28. The van der Waals surface area contributed by atoms with E-state index in [9.17, 15) is 14.4 Å². The Morgan fingerprint density at radius 1 is 1.45 bits per heavy atom. The number of carbonyl (C=O) groups excluding carboxylic acids is 1. The smallest absolute Gasteiger partial charge is 0.246 e. The standard InChI is InChI=1S/C17H18ClFN2O/c1-2-17(22)21(16-6-4-3-5-13(16)10-20)11-12-7-14(18)9-15(19)8-12/h2,7-9,13,16H,1,3-6,11H2. The monoisotopic (exact) mass is 320 g/mol. The maximum atomic E-state index is 13.5. The number of benzene rings is 1. The molecule has 0 N–H and O–H groups in total. The van der Waals surface area contributed by atoms with Crippen LogP contribution in [0.2, 0.25) is 5.02 Å². The summed E-state index contributed by atoms with van der Waals surface area (Å²) in [6, 6.07) is 6.36. The number of halogens is 2. The predicted molar refractivity (Wildman–Crippen MR) is 83.5 cm³/mol. The fraction of sp³-hybridized carbons (Fsp3) is 0.412. The Morgan fingerprint density at radius 3 is 2.82 bits per heavy atom. The molecule has 22 heavy (non-hydrogen) atoms. The molecule has 0 bridgehead atoms. The van der Waals surface area contributed by atoms with Crippen molar-refractivity contribution >= 4 is 17.5 Å². The van der Waals surface area contributed by atoms with E-state index in [-0.39, 0.29) is 24.4 Å². The fourth-order valence-electron chi connectivity index (χ4n) is 3.01. The second-order valence-electron chi connectivity index (χ2n) is 5.54. The topological polar surface area (TPSA) is 44.1 Å². The van der Waals surface area contributed by atoms with Gasteiger partial charge in [0.1, 0.15) is 5.82 Å². The van der Waals surface area contributed by atoms with Crippen LogP contribution in [0.3, 0.4) is 0 Å². The zero-order valence-electron chi connectivity index (χ0n) is 12.3. The molecular formula is C17H18ClFN2O. The van der Waals surface area contributed by atoms with Crippen LogP contribution in [0.1, 0.15) is 31.2 Å². The molecular weight excluding hydrogens is 303 g/mol. The summed E-state index contributed by atoms with van der Waals surface area (Å²) >= 11 is 5.87. The molecule has 1 aliphatic rings. The highest BCUT2D eigenvalue weighted by Gasteiger charge is 2.32. The van der Waals surface area contributed by atoms with Crippen molar-refractivity contribution in [2.24, 2.45) is 5.92 Å². The Bertz CT molecular complexity index is 591. The van der Waals surface area contributed by atoms with Crippen LogP contribution in [0.15, 0.2) is 30.9 Å². The Morgan fingerprint density at radius 2 is 2.18 bits per heavy atom. The largest absolute Gasteiger partial charge is 0.331 e. The van der Waals surface area contributed by atoms with Crippen molar-refractivity contribution in [3.8, 4) is 6.07 Å². The first-order chi connectivity index (χ1) is 10.5. The van der Waals surface area contributed by atoms with Gasteiger partial charge in [0.15, 0.2) is 0 Å². The summed E-state index contributed by atoms with van der Waals surface area (Å²) in [5.74, 6) is -0.872. The molecule has 116 valence electrons. The summed E-state index contributed by atoms with van der Waals surface area (Å²) in [5, 5.41) is 9.62. The van der Waals surface area contributed by atoms with Gasteiger partial charge >= 0.3 is 0 Å². The van der Waals surface area contributed by atoms with Crippen molar-refractivity contribution in [1.82, 2.24) is 4.90 Å². The molecule has 0 spiro atoms. The quantitative estimate of drug-likeness (QED) is 0.785. The lowest BCUT2D eigenvalue weighted by Crippen LogP contribution is -2.44. The van der Waals surface area contributed by atoms with Crippen LogP contribution in [-0.4, -0.2) is 16.8 Å². The molecule has 0 aromatic heterocycles. The van der Waals surface area contributed by atoms with Gasteiger partial charge in [0.25, 0.3) is 0 Å². The number of carbonyl (C=O) groups is 1. The van der Waals surface area contributed by atoms with Crippen LogP contribution in [0, 0.1) is 23.1 Å². The first-order valence-electron chi connectivity index (χ1n) is 7.32. The lowest BCUT2D eigenvalue weighted by atomic mass is 9.84. The lowest BCUT2D eigenvalue weighted by molar-refractivity contribution is -0.130. The molecule has 2 unspecified atom stereocenters. The van der Waals surface area contributed by atoms with Crippen LogP contribution < -0.4 is 0 Å². The molecule has 1 aliphatic carbocycles. The normalized spacial score (nSPS) is 21.0. The number of hydrogen-bond donors (Lipinski definition) is 0. The van der Waals surface area contributed by atoms with E-state index in [1.165, 1.54) is 18.2 Å². The zero-order valence-corrected chi connectivity index (χ0v) is 13.0. The summed E-state index contributed by atoms with van der Waals surface area (Å²) in [5.41, 5.74) is 0.613. The fourth-order valence-corrected chi connectivity index (χ4v) is 3.25. The molecule has 1 aromatic rings. The second-order valence-corrected chi connectivity index (χ2v) is 5.97. The van der Waals surface area contributed by atoms with Crippen LogP contribution in [0.5, 0.6) is 0 Å². The Kier molecular flexibility index (Phi) is 5.57. The van der Waals surface area contributed by atoms with Crippen molar-refractivity contribution in [3.05, 3.63) is 47.3 Å². The summed E-state index contributed by atoms with van der Waals surface area (Å²) in [7, 11) is 0. The lowest BCUT2D eigenvalue weighted by Gasteiger charge is -2.36. The highest BCUT2D eigenvalue weighted by atomic mass is 35.5. The molecule has 2 atom stereocenters. The molecule has 1 fully saturated rings. The third kappa shape index (κ3) is 3.86. The van der Waals surface area contributed by atoms with Gasteiger partial charge in [0.2, 0.25) is 5.91 Å². The van der Waals surface area contributed by atoms with E-state index in [4.69, 9.17) is 11.6 Å². The van der Waals surface area contributed by atoms with Gasteiger partial charge < -0.3 is 4.90 Å². The summed E-state index contributed by atoms with van der Waals surface area (Å²) < 4.78 is 13.5. The van der Waals surface area contributed by atoms with Gasteiger partial charge in [0.05, 0.1) is 12.0 Å². The summed E-state index contributed by atoms with van der Waals surface area (Å²) in [6.07, 6.45) is 4.78. The SMILES string of the molecule is C=CC(=O)N(Cc1cc(F)cc(Cl)c1)C1CCCCC1C#N.